The van der Waals surface area contributed by atoms with E-state index >= 15 is 0 Å². The van der Waals surface area contributed by atoms with Crippen molar-refractivity contribution in [2.75, 3.05) is 11.4 Å². The molecule has 88 valence electrons. The summed E-state index contributed by atoms with van der Waals surface area (Å²) in [6.45, 7) is 2.11. The highest BCUT2D eigenvalue weighted by atomic mass is 19.1. The summed E-state index contributed by atoms with van der Waals surface area (Å²) < 4.78 is 13.6. The zero-order valence-corrected chi connectivity index (χ0v) is 9.22. The molecule has 1 heterocycles. The van der Waals surface area contributed by atoms with Gasteiger partial charge in [0.1, 0.15) is 12.1 Å². The molecule has 1 amide bonds. The third-order valence-corrected chi connectivity index (χ3v) is 2.32. The van der Waals surface area contributed by atoms with Crippen molar-refractivity contribution in [1.82, 2.24) is 15.2 Å². The summed E-state index contributed by atoms with van der Waals surface area (Å²) in [6.07, 6.45) is 1.24. The maximum Gasteiger partial charge on any atom is 0.295 e. The van der Waals surface area contributed by atoms with Crippen molar-refractivity contribution in [1.29, 1.82) is 0 Å². The summed E-state index contributed by atoms with van der Waals surface area (Å²) in [5, 5.41) is 6.06. The molecule has 17 heavy (non-hydrogen) atoms. The fourth-order valence-corrected chi connectivity index (χ4v) is 1.53. The Balaban J connectivity index is 2.35. The molecule has 1 aromatic heterocycles. The van der Waals surface area contributed by atoms with Gasteiger partial charge in [-0.3, -0.25) is 9.89 Å². The first-order valence-electron chi connectivity index (χ1n) is 5.15. The van der Waals surface area contributed by atoms with E-state index in [1.807, 2.05) is 0 Å². The molecule has 0 aliphatic rings. The molecule has 0 aliphatic carbocycles. The summed E-state index contributed by atoms with van der Waals surface area (Å²) >= 11 is 0. The first-order chi connectivity index (χ1) is 8.24. The summed E-state index contributed by atoms with van der Waals surface area (Å²) in [5.41, 5.74) is 0.233. The summed E-state index contributed by atoms with van der Waals surface area (Å²) in [4.78, 5) is 17.1. The molecule has 0 unspecified atom stereocenters. The smallest absolute Gasteiger partial charge is 0.295 e. The lowest BCUT2D eigenvalue weighted by atomic mass is 10.2. The number of benzene rings is 1. The largest absolute Gasteiger partial charge is 0.303 e. The molecule has 0 aliphatic heterocycles. The highest BCUT2D eigenvalue weighted by Crippen LogP contribution is 2.19. The van der Waals surface area contributed by atoms with Gasteiger partial charge in [-0.25, -0.2) is 9.37 Å². The maximum atomic E-state index is 13.6. The Labute approximate surface area is 97.3 Å². The van der Waals surface area contributed by atoms with Crippen LogP contribution in [0.15, 0.2) is 30.6 Å². The minimum absolute atomic E-state index is 0.0927. The molecular weight excluding hydrogens is 223 g/mol. The van der Waals surface area contributed by atoms with Crippen LogP contribution in [0.25, 0.3) is 0 Å². The number of aromatic nitrogens is 3. The molecule has 0 saturated heterocycles. The number of aromatic amines is 1. The van der Waals surface area contributed by atoms with Crippen LogP contribution < -0.4 is 4.90 Å². The molecule has 2 aromatic rings. The van der Waals surface area contributed by atoms with Gasteiger partial charge in [0, 0.05) is 6.54 Å². The van der Waals surface area contributed by atoms with Crippen LogP contribution in [0.4, 0.5) is 10.1 Å². The van der Waals surface area contributed by atoms with E-state index in [0.29, 0.717) is 6.54 Å². The number of rotatable bonds is 3. The van der Waals surface area contributed by atoms with Gasteiger partial charge >= 0.3 is 0 Å². The lowest BCUT2D eigenvalue weighted by molar-refractivity contribution is 0.0978. The first-order valence-corrected chi connectivity index (χ1v) is 5.15. The van der Waals surface area contributed by atoms with E-state index in [9.17, 15) is 9.18 Å². The average molecular weight is 234 g/mol. The van der Waals surface area contributed by atoms with Crippen LogP contribution in [-0.2, 0) is 0 Å². The summed E-state index contributed by atoms with van der Waals surface area (Å²) in [7, 11) is 0. The number of amides is 1. The van der Waals surface area contributed by atoms with Gasteiger partial charge in [0.2, 0.25) is 5.82 Å². The number of anilines is 1. The highest BCUT2D eigenvalue weighted by Gasteiger charge is 2.20. The summed E-state index contributed by atoms with van der Waals surface area (Å²) in [5.74, 6) is -0.757. The van der Waals surface area contributed by atoms with E-state index in [0.717, 1.165) is 0 Å². The Kier molecular flexibility index (Phi) is 3.13. The van der Waals surface area contributed by atoms with Crippen LogP contribution in [0, 0.1) is 5.82 Å². The second-order valence-corrected chi connectivity index (χ2v) is 3.33. The first kappa shape index (κ1) is 11.3. The van der Waals surface area contributed by atoms with Crippen molar-refractivity contribution in [3.63, 3.8) is 0 Å². The van der Waals surface area contributed by atoms with Gasteiger partial charge in [-0.15, -0.1) is 0 Å². The molecular formula is C11H11FN4O. The number of carbonyl (C=O) groups excluding carboxylic acids is 1. The molecule has 0 fully saturated rings. The Morgan fingerprint density at radius 1 is 1.47 bits per heavy atom. The van der Waals surface area contributed by atoms with E-state index in [1.54, 1.807) is 25.1 Å². The number of carbonyl (C=O) groups is 1. The fourth-order valence-electron chi connectivity index (χ4n) is 1.53. The number of nitrogens with zero attached hydrogens (tertiary/aromatic N) is 3. The van der Waals surface area contributed by atoms with Crippen molar-refractivity contribution < 1.29 is 9.18 Å². The topological polar surface area (TPSA) is 61.9 Å². The van der Waals surface area contributed by atoms with Crippen LogP contribution in [0.2, 0.25) is 0 Å². The van der Waals surface area contributed by atoms with E-state index in [1.165, 1.54) is 17.3 Å². The zero-order valence-electron chi connectivity index (χ0n) is 9.22. The second kappa shape index (κ2) is 4.73. The Morgan fingerprint density at radius 2 is 2.24 bits per heavy atom. The molecule has 0 radical (unpaired) electrons. The molecule has 5 nitrogen and oxygen atoms in total. The minimum Gasteiger partial charge on any atom is -0.303 e. The van der Waals surface area contributed by atoms with Crippen molar-refractivity contribution in [2.45, 2.75) is 6.92 Å². The van der Waals surface area contributed by atoms with Crippen LogP contribution in [-0.4, -0.2) is 27.6 Å². The summed E-state index contributed by atoms with van der Waals surface area (Å²) in [6, 6.07) is 6.11. The van der Waals surface area contributed by atoms with E-state index < -0.39 is 11.7 Å². The lowest BCUT2D eigenvalue weighted by Gasteiger charge is -2.19. The van der Waals surface area contributed by atoms with Crippen molar-refractivity contribution >= 4 is 11.6 Å². The van der Waals surface area contributed by atoms with E-state index in [-0.39, 0.29) is 11.5 Å². The molecule has 1 aromatic carbocycles. The SMILES string of the molecule is CCN(C(=O)c1ncn[nH]1)c1ccccc1F. The lowest BCUT2D eigenvalue weighted by Crippen LogP contribution is -2.32. The van der Waals surface area contributed by atoms with Gasteiger partial charge in [-0.05, 0) is 19.1 Å². The number of hydrogen-bond donors (Lipinski definition) is 1. The Hall–Kier alpha value is -2.24. The molecule has 0 spiro atoms. The predicted molar refractivity (Wildman–Crippen MR) is 60.1 cm³/mol. The third-order valence-electron chi connectivity index (χ3n) is 2.32. The Bertz CT molecular complexity index is 512. The monoisotopic (exact) mass is 234 g/mol. The number of para-hydroxylation sites is 1. The molecule has 0 atom stereocenters. The van der Waals surface area contributed by atoms with E-state index in [2.05, 4.69) is 15.2 Å². The van der Waals surface area contributed by atoms with Crippen LogP contribution >= 0.6 is 0 Å². The van der Waals surface area contributed by atoms with Crippen LogP contribution in [0.5, 0.6) is 0 Å². The number of halogens is 1. The maximum absolute atomic E-state index is 13.6. The van der Waals surface area contributed by atoms with Gasteiger partial charge in [0.15, 0.2) is 0 Å². The normalized spacial score (nSPS) is 10.2. The van der Waals surface area contributed by atoms with Crippen LogP contribution in [0.3, 0.4) is 0 Å². The predicted octanol–water partition coefficient (Wildman–Crippen LogP) is 1.61. The number of nitrogens with one attached hydrogen (secondary N) is 1. The van der Waals surface area contributed by atoms with Gasteiger partial charge < -0.3 is 4.90 Å². The van der Waals surface area contributed by atoms with Crippen LogP contribution in [0.1, 0.15) is 17.5 Å². The van der Waals surface area contributed by atoms with Crippen molar-refractivity contribution in [2.24, 2.45) is 0 Å². The fraction of sp³-hybridized carbons (Fsp3) is 0.182. The quantitative estimate of drug-likeness (QED) is 0.877. The minimum atomic E-state index is -0.442. The van der Waals surface area contributed by atoms with Gasteiger partial charge in [-0.1, -0.05) is 12.1 Å². The van der Waals surface area contributed by atoms with Gasteiger partial charge in [-0.2, -0.15) is 5.10 Å². The average Bonchev–Trinajstić information content (AvgIpc) is 2.86. The number of H-pyrrole nitrogens is 1. The van der Waals surface area contributed by atoms with Gasteiger partial charge in [0.25, 0.3) is 5.91 Å². The van der Waals surface area contributed by atoms with Crippen molar-refractivity contribution in [3.05, 3.63) is 42.2 Å². The third kappa shape index (κ3) is 2.15. The molecule has 1 N–H and O–H groups in total. The second-order valence-electron chi connectivity index (χ2n) is 3.33. The number of hydrogen-bond acceptors (Lipinski definition) is 3. The zero-order chi connectivity index (χ0) is 12.3. The molecule has 0 bridgehead atoms. The highest BCUT2D eigenvalue weighted by molar-refractivity contribution is 6.03. The molecule has 0 saturated carbocycles. The van der Waals surface area contributed by atoms with Crippen molar-refractivity contribution in [3.8, 4) is 0 Å². The Morgan fingerprint density at radius 3 is 2.82 bits per heavy atom. The molecule has 2 rings (SSSR count). The standard InChI is InChI=1S/C11H11FN4O/c1-2-16(9-6-4-3-5-8(9)12)11(17)10-13-7-14-15-10/h3-7H,2H2,1H3,(H,13,14,15). The molecule has 6 heteroatoms. The van der Waals surface area contributed by atoms with Gasteiger partial charge in [0.05, 0.1) is 5.69 Å². The van der Waals surface area contributed by atoms with E-state index in [4.69, 9.17) is 0 Å².